The van der Waals surface area contributed by atoms with Crippen molar-refractivity contribution in [3.05, 3.63) is 42.2 Å². The fourth-order valence-corrected chi connectivity index (χ4v) is 2.05. The Morgan fingerprint density at radius 1 is 1.30 bits per heavy atom. The van der Waals surface area contributed by atoms with Crippen molar-refractivity contribution in [2.75, 3.05) is 6.54 Å². The van der Waals surface area contributed by atoms with E-state index in [1.807, 2.05) is 44.2 Å². The number of carbonyl (C=O) groups excluding carboxylic acids is 1. The van der Waals surface area contributed by atoms with E-state index < -0.39 is 6.10 Å². The third-order valence-electron chi connectivity index (χ3n) is 3.38. The van der Waals surface area contributed by atoms with Crippen molar-refractivity contribution in [1.82, 2.24) is 10.3 Å². The molecule has 0 fully saturated rings. The number of rotatable bonds is 5. The lowest BCUT2D eigenvalue weighted by Crippen LogP contribution is -2.29. The summed E-state index contributed by atoms with van der Waals surface area (Å²) in [6.45, 7) is 4.36. The standard InChI is InChI=1S/C16H20N2O2/c1-11(2)14(19)8-10-18-16(20)15-13-6-4-3-5-12(13)7-9-17-15/h3-7,9,11,14,19H,8,10H2,1-2H3,(H,18,20). The second-order valence-corrected chi connectivity index (χ2v) is 5.24. The van der Waals surface area contributed by atoms with Gasteiger partial charge in [0.15, 0.2) is 0 Å². The van der Waals surface area contributed by atoms with Crippen molar-refractivity contribution in [2.24, 2.45) is 5.92 Å². The van der Waals surface area contributed by atoms with Gasteiger partial charge < -0.3 is 10.4 Å². The Bertz CT molecular complexity index is 591. The predicted molar refractivity (Wildman–Crippen MR) is 79.5 cm³/mol. The lowest BCUT2D eigenvalue weighted by Gasteiger charge is -2.14. The lowest BCUT2D eigenvalue weighted by molar-refractivity contribution is 0.0917. The van der Waals surface area contributed by atoms with Crippen molar-refractivity contribution in [2.45, 2.75) is 26.4 Å². The molecule has 106 valence electrons. The zero-order valence-corrected chi connectivity index (χ0v) is 11.8. The average molecular weight is 272 g/mol. The summed E-state index contributed by atoms with van der Waals surface area (Å²) in [4.78, 5) is 16.3. The molecule has 0 aliphatic heterocycles. The van der Waals surface area contributed by atoms with Crippen LogP contribution in [0.2, 0.25) is 0 Å². The summed E-state index contributed by atoms with van der Waals surface area (Å²) in [5, 5.41) is 14.4. The number of pyridine rings is 1. The van der Waals surface area contributed by atoms with Crippen molar-refractivity contribution < 1.29 is 9.90 Å². The molecule has 0 spiro atoms. The number of nitrogens with one attached hydrogen (secondary N) is 1. The molecular formula is C16H20N2O2. The third-order valence-corrected chi connectivity index (χ3v) is 3.38. The van der Waals surface area contributed by atoms with Gasteiger partial charge in [0.2, 0.25) is 0 Å². The molecule has 1 heterocycles. The first-order valence-corrected chi connectivity index (χ1v) is 6.89. The van der Waals surface area contributed by atoms with E-state index in [1.165, 1.54) is 0 Å². The molecule has 0 aliphatic rings. The summed E-state index contributed by atoms with van der Waals surface area (Å²) in [7, 11) is 0. The summed E-state index contributed by atoms with van der Waals surface area (Å²) in [5.41, 5.74) is 0.433. The molecule has 0 saturated carbocycles. The lowest BCUT2D eigenvalue weighted by atomic mass is 10.0. The van der Waals surface area contributed by atoms with Gasteiger partial charge in [-0.15, -0.1) is 0 Å². The fourth-order valence-electron chi connectivity index (χ4n) is 2.05. The Balaban J connectivity index is 2.05. The second kappa shape index (κ2) is 6.48. The van der Waals surface area contributed by atoms with E-state index in [4.69, 9.17) is 0 Å². The van der Waals surface area contributed by atoms with Crippen LogP contribution >= 0.6 is 0 Å². The van der Waals surface area contributed by atoms with Crippen LogP contribution in [0.5, 0.6) is 0 Å². The van der Waals surface area contributed by atoms with Crippen LogP contribution in [0.1, 0.15) is 30.8 Å². The predicted octanol–water partition coefficient (Wildman–Crippen LogP) is 2.37. The molecule has 0 radical (unpaired) electrons. The Morgan fingerprint density at radius 3 is 2.80 bits per heavy atom. The first-order valence-electron chi connectivity index (χ1n) is 6.89. The van der Waals surface area contributed by atoms with Crippen LogP contribution in [0.4, 0.5) is 0 Å². The molecule has 4 nitrogen and oxygen atoms in total. The zero-order valence-electron chi connectivity index (χ0n) is 11.8. The van der Waals surface area contributed by atoms with Crippen molar-refractivity contribution in [3.63, 3.8) is 0 Å². The molecule has 2 rings (SSSR count). The molecule has 0 aliphatic carbocycles. The minimum atomic E-state index is -0.393. The van der Waals surface area contributed by atoms with Gasteiger partial charge in [0.25, 0.3) is 5.91 Å². The van der Waals surface area contributed by atoms with Gasteiger partial charge in [-0.05, 0) is 23.8 Å². The molecule has 1 unspecified atom stereocenters. The second-order valence-electron chi connectivity index (χ2n) is 5.24. The summed E-state index contributed by atoms with van der Waals surface area (Å²) < 4.78 is 0. The van der Waals surface area contributed by atoms with Crippen LogP contribution in [0.25, 0.3) is 10.8 Å². The molecule has 20 heavy (non-hydrogen) atoms. The molecule has 1 amide bonds. The van der Waals surface area contributed by atoms with Gasteiger partial charge in [-0.25, -0.2) is 0 Å². The van der Waals surface area contributed by atoms with Crippen LogP contribution in [0.3, 0.4) is 0 Å². The summed E-state index contributed by atoms with van der Waals surface area (Å²) in [5.74, 6) is 0.000314. The number of hydrogen-bond acceptors (Lipinski definition) is 3. The highest BCUT2D eigenvalue weighted by molar-refractivity contribution is 6.05. The number of nitrogens with zero attached hydrogens (tertiary/aromatic N) is 1. The van der Waals surface area contributed by atoms with Gasteiger partial charge in [0, 0.05) is 18.1 Å². The van der Waals surface area contributed by atoms with Crippen LogP contribution in [0.15, 0.2) is 36.5 Å². The zero-order chi connectivity index (χ0) is 14.5. The Hall–Kier alpha value is -1.94. The SMILES string of the molecule is CC(C)C(O)CCNC(=O)c1nccc2ccccc12. The molecule has 1 aromatic carbocycles. The van der Waals surface area contributed by atoms with E-state index in [2.05, 4.69) is 10.3 Å². The molecule has 4 heteroatoms. The van der Waals surface area contributed by atoms with Crippen molar-refractivity contribution >= 4 is 16.7 Å². The number of hydrogen-bond donors (Lipinski definition) is 2. The number of benzene rings is 1. The van der Waals surface area contributed by atoms with E-state index in [9.17, 15) is 9.90 Å². The minimum Gasteiger partial charge on any atom is -0.393 e. The third kappa shape index (κ3) is 3.33. The first kappa shape index (κ1) is 14.5. The van der Waals surface area contributed by atoms with Crippen molar-refractivity contribution in [1.29, 1.82) is 0 Å². The molecule has 1 aromatic heterocycles. The summed E-state index contributed by atoms with van der Waals surface area (Å²) in [6, 6.07) is 9.55. The largest absolute Gasteiger partial charge is 0.393 e. The number of aliphatic hydroxyl groups is 1. The topological polar surface area (TPSA) is 62.2 Å². The molecule has 2 N–H and O–H groups in total. The molecule has 1 atom stereocenters. The first-order chi connectivity index (χ1) is 9.59. The fraction of sp³-hybridized carbons (Fsp3) is 0.375. The quantitative estimate of drug-likeness (QED) is 0.878. The maximum atomic E-state index is 12.2. The van der Waals surface area contributed by atoms with E-state index in [0.717, 1.165) is 10.8 Å². The van der Waals surface area contributed by atoms with Gasteiger partial charge in [-0.2, -0.15) is 0 Å². The Morgan fingerprint density at radius 2 is 2.05 bits per heavy atom. The highest BCUT2D eigenvalue weighted by Crippen LogP contribution is 2.16. The van der Waals surface area contributed by atoms with Crippen LogP contribution in [0, 0.1) is 5.92 Å². The van der Waals surface area contributed by atoms with Gasteiger partial charge in [-0.3, -0.25) is 9.78 Å². The summed E-state index contributed by atoms with van der Waals surface area (Å²) >= 11 is 0. The van der Waals surface area contributed by atoms with E-state index in [0.29, 0.717) is 18.7 Å². The molecule has 0 bridgehead atoms. The number of carbonyl (C=O) groups is 1. The van der Waals surface area contributed by atoms with E-state index in [-0.39, 0.29) is 11.8 Å². The number of aromatic nitrogens is 1. The molecule has 2 aromatic rings. The van der Waals surface area contributed by atoms with E-state index in [1.54, 1.807) is 6.20 Å². The molecular weight excluding hydrogens is 252 g/mol. The minimum absolute atomic E-state index is 0.197. The Kier molecular flexibility index (Phi) is 4.69. The van der Waals surface area contributed by atoms with Crippen LogP contribution in [-0.4, -0.2) is 28.6 Å². The molecule has 0 saturated heterocycles. The normalized spacial score (nSPS) is 12.6. The van der Waals surface area contributed by atoms with Crippen molar-refractivity contribution in [3.8, 4) is 0 Å². The smallest absolute Gasteiger partial charge is 0.270 e. The summed E-state index contributed by atoms with van der Waals surface area (Å²) in [6.07, 6.45) is 1.80. The average Bonchev–Trinajstić information content (AvgIpc) is 2.46. The highest BCUT2D eigenvalue weighted by atomic mass is 16.3. The highest BCUT2D eigenvalue weighted by Gasteiger charge is 2.13. The maximum Gasteiger partial charge on any atom is 0.270 e. The van der Waals surface area contributed by atoms with Gasteiger partial charge in [0.1, 0.15) is 5.69 Å². The Labute approximate surface area is 118 Å². The van der Waals surface area contributed by atoms with E-state index >= 15 is 0 Å². The van der Waals surface area contributed by atoms with Gasteiger partial charge in [-0.1, -0.05) is 38.1 Å². The van der Waals surface area contributed by atoms with Gasteiger partial charge >= 0.3 is 0 Å². The monoisotopic (exact) mass is 272 g/mol. The number of amides is 1. The van der Waals surface area contributed by atoms with Crippen LogP contribution in [-0.2, 0) is 0 Å². The van der Waals surface area contributed by atoms with Gasteiger partial charge in [0.05, 0.1) is 6.10 Å². The number of aliphatic hydroxyl groups excluding tert-OH is 1. The maximum absolute atomic E-state index is 12.2. The number of fused-ring (bicyclic) bond motifs is 1. The van der Waals surface area contributed by atoms with Crippen LogP contribution < -0.4 is 5.32 Å².